The minimum atomic E-state index is -0.878. The zero-order chi connectivity index (χ0) is 9.56. The third-order valence-corrected chi connectivity index (χ3v) is 2.62. The van der Waals surface area contributed by atoms with Crippen LogP contribution in [0.2, 0.25) is 0 Å². The van der Waals surface area contributed by atoms with Gasteiger partial charge in [0.1, 0.15) is 9.48 Å². The van der Waals surface area contributed by atoms with E-state index >= 15 is 0 Å². The maximum absolute atomic E-state index is 9.82. The van der Waals surface area contributed by atoms with Gasteiger partial charge in [0.15, 0.2) is 5.03 Å². The fourth-order valence-electron chi connectivity index (χ4n) is 0.374. The first-order chi connectivity index (χ1) is 5.60. The Hall–Kier alpha value is -0.760. The molecule has 0 aliphatic carbocycles. The van der Waals surface area contributed by atoms with Crippen LogP contribution in [-0.4, -0.2) is 27.9 Å². The smallest absolute Gasteiger partial charge is 0.293 e. The van der Waals surface area contributed by atoms with E-state index in [1.165, 1.54) is 23.5 Å². The normalized spacial score (nSPS) is 11.0. The van der Waals surface area contributed by atoms with Crippen molar-refractivity contribution in [2.75, 3.05) is 12.5 Å². The monoisotopic (exact) mass is 208 g/mol. The molecule has 0 saturated carbocycles. The molecule has 0 fully saturated rings. The first kappa shape index (κ1) is 11.2. The van der Waals surface area contributed by atoms with Crippen molar-refractivity contribution in [1.82, 2.24) is 0 Å². The van der Waals surface area contributed by atoms with Gasteiger partial charge >= 0.3 is 0 Å². The van der Waals surface area contributed by atoms with Crippen LogP contribution in [0.5, 0.6) is 0 Å². The number of thioether (sulfide) groups is 2. The topological polar surface area (TPSA) is 93.9 Å². The number of hydrazone groups is 1. The highest BCUT2D eigenvalue weighted by Gasteiger charge is 1.99. The van der Waals surface area contributed by atoms with E-state index in [1.54, 1.807) is 12.5 Å². The molecule has 6 nitrogen and oxygen atoms in total. The van der Waals surface area contributed by atoms with Gasteiger partial charge < -0.3 is 5.73 Å². The summed E-state index contributed by atoms with van der Waals surface area (Å²) in [5.74, 6) is -0.335. The molecule has 0 saturated heterocycles. The fraction of sp³-hybridized carbons (Fsp3) is 0.500. The largest absolute Gasteiger partial charge is 0.363 e. The third kappa shape index (κ3) is 4.97. The number of hydrogen-bond acceptors (Lipinski definition) is 4. The zero-order valence-corrected chi connectivity index (χ0v) is 8.18. The molecule has 8 heteroatoms. The van der Waals surface area contributed by atoms with E-state index in [9.17, 15) is 10.1 Å². The SMILES string of the molecule is CSC(=NC(N)=N[N+](=O)[O-])SC. The van der Waals surface area contributed by atoms with Gasteiger partial charge in [-0.1, -0.05) is 0 Å². The van der Waals surface area contributed by atoms with E-state index in [2.05, 4.69) is 10.1 Å². The lowest BCUT2D eigenvalue weighted by Crippen LogP contribution is -2.12. The first-order valence-electron chi connectivity index (χ1n) is 2.75. The van der Waals surface area contributed by atoms with Gasteiger partial charge in [0.2, 0.25) is 0 Å². The molecular weight excluding hydrogens is 200 g/mol. The molecule has 2 N–H and O–H groups in total. The summed E-state index contributed by atoms with van der Waals surface area (Å²) in [6.45, 7) is 0. The Morgan fingerprint density at radius 2 is 2.00 bits per heavy atom. The molecule has 12 heavy (non-hydrogen) atoms. The molecule has 0 heterocycles. The highest BCUT2D eigenvalue weighted by Crippen LogP contribution is 2.09. The summed E-state index contributed by atoms with van der Waals surface area (Å²) in [5, 5.41) is 11.8. The molecule has 0 atom stereocenters. The Morgan fingerprint density at radius 3 is 2.33 bits per heavy atom. The van der Waals surface area contributed by atoms with Gasteiger partial charge in [-0.15, -0.1) is 23.5 Å². The van der Waals surface area contributed by atoms with Crippen LogP contribution in [0.1, 0.15) is 0 Å². The Bertz CT molecular complexity index is 221. The Labute approximate surface area is 77.8 Å². The van der Waals surface area contributed by atoms with Crippen molar-refractivity contribution < 1.29 is 5.03 Å². The predicted molar refractivity (Wildman–Crippen MR) is 53.1 cm³/mol. The molecule has 68 valence electrons. The van der Waals surface area contributed by atoms with Crippen molar-refractivity contribution in [2.45, 2.75) is 0 Å². The van der Waals surface area contributed by atoms with Crippen molar-refractivity contribution in [3.8, 4) is 0 Å². The molecule has 0 aromatic carbocycles. The van der Waals surface area contributed by atoms with Crippen LogP contribution in [0.4, 0.5) is 0 Å². The number of rotatable bonds is 1. The van der Waals surface area contributed by atoms with Crippen LogP contribution in [0.25, 0.3) is 0 Å². The van der Waals surface area contributed by atoms with Gasteiger partial charge in [-0.05, 0) is 12.5 Å². The van der Waals surface area contributed by atoms with E-state index in [0.29, 0.717) is 4.38 Å². The molecule has 0 aliphatic rings. The molecule has 0 aromatic rings. The van der Waals surface area contributed by atoms with Crippen LogP contribution in [0, 0.1) is 10.1 Å². The predicted octanol–water partition coefficient (Wildman–Crippen LogP) is 0.575. The summed E-state index contributed by atoms with van der Waals surface area (Å²) in [5.41, 5.74) is 5.12. The molecule has 0 spiro atoms. The highest BCUT2D eigenvalue weighted by molar-refractivity contribution is 8.38. The maximum atomic E-state index is 9.82. The lowest BCUT2D eigenvalue weighted by molar-refractivity contribution is -0.485. The zero-order valence-electron chi connectivity index (χ0n) is 6.55. The van der Waals surface area contributed by atoms with E-state index in [0.717, 1.165) is 0 Å². The van der Waals surface area contributed by atoms with Crippen molar-refractivity contribution in [1.29, 1.82) is 0 Å². The molecule has 0 amide bonds. The maximum Gasteiger partial charge on any atom is 0.293 e. The van der Waals surface area contributed by atoms with Crippen molar-refractivity contribution in [3.63, 3.8) is 0 Å². The lowest BCUT2D eigenvalue weighted by atomic mass is 11.1. The highest BCUT2D eigenvalue weighted by atomic mass is 32.2. The quantitative estimate of drug-likeness (QED) is 0.294. The van der Waals surface area contributed by atoms with Crippen molar-refractivity contribution >= 4 is 33.9 Å². The van der Waals surface area contributed by atoms with Gasteiger partial charge in [0.25, 0.3) is 5.96 Å². The van der Waals surface area contributed by atoms with Gasteiger partial charge in [0.05, 0.1) is 0 Å². The summed E-state index contributed by atoms with van der Waals surface area (Å²) in [6.07, 6.45) is 3.60. The minimum absolute atomic E-state index is 0.335. The molecule has 0 radical (unpaired) electrons. The van der Waals surface area contributed by atoms with Crippen LogP contribution in [0.3, 0.4) is 0 Å². The summed E-state index contributed by atoms with van der Waals surface area (Å²) < 4.78 is 0.637. The van der Waals surface area contributed by atoms with Crippen LogP contribution >= 0.6 is 23.5 Å². The molecule has 0 rings (SSSR count). The molecule has 0 aliphatic heterocycles. The van der Waals surface area contributed by atoms with Crippen LogP contribution in [-0.2, 0) is 0 Å². The third-order valence-electron chi connectivity index (χ3n) is 0.739. The Morgan fingerprint density at radius 1 is 1.50 bits per heavy atom. The number of aliphatic imine (C=N–C) groups is 1. The second kappa shape index (κ2) is 5.84. The minimum Gasteiger partial charge on any atom is -0.363 e. The summed E-state index contributed by atoms with van der Waals surface area (Å²) in [7, 11) is 0. The number of nitrogens with two attached hydrogens (primary N) is 1. The van der Waals surface area contributed by atoms with Gasteiger partial charge in [0, 0.05) is 0 Å². The molecule has 0 aromatic heterocycles. The van der Waals surface area contributed by atoms with E-state index in [-0.39, 0.29) is 5.96 Å². The molecular formula is C4H8N4O2S2. The van der Waals surface area contributed by atoms with Gasteiger partial charge in [-0.2, -0.15) is 4.99 Å². The number of guanidine groups is 1. The second-order valence-corrected chi connectivity index (χ2v) is 3.33. The number of nitro groups is 1. The molecule has 0 unspecified atom stereocenters. The van der Waals surface area contributed by atoms with Crippen molar-refractivity contribution in [2.24, 2.45) is 15.8 Å². The summed E-state index contributed by atoms with van der Waals surface area (Å²) in [6, 6.07) is 0. The number of hydrogen-bond donors (Lipinski definition) is 1. The Kier molecular flexibility index (Phi) is 5.47. The van der Waals surface area contributed by atoms with Gasteiger partial charge in [-0.25, -0.2) is 10.1 Å². The fourth-order valence-corrected chi connectivity index (χ4v) is 1.41. The number of nitrogens with zero attached hydrogens (tertiary/aromatic N) is 3. The van der Waals surface area contributed by atoms with E-state index in [1.807, 2.05) is 0 Å². The van der Waals surface area contributed by atoms with Crippen LogP contribution < -0.4 is 5.73 Å². The van der Waals surface area contributed by atoms with Crippen LogP contribution in [0.15, 0.2) is 10.1 Å². The summed E-state index contributed by atoms with van der Waals surface area (Å²) >= 11 is 2.71. The van der Waals surface area contributed by atoms with Crippen molar-refractivity contribution in [3.05, 3.63) is 10.1 Å². The molecule has 0 bridgehead atoms. The van der Waals surface area contributed by atoms with E-state index in [4.69, 9.17) is 5.73 Å². The average Bonchev–Trinajstić information content (AvgIpc) is 1.98. The second-order valence-electron chi connectivity index (χ2n) is 1.48. The average molecular weight is 208 g/mol. The van der Waals surface area contributed by atoms with E-state index < -0.39 is 5.03 Å². The lowest BCUT2D eigenvalue weighted by Gasteiger charge is -1.94. The first-order valence-corrected chi connectivity index (χ1v) is 5.20. The van der Waals surface area contributed by atoms with Gasteiger partial charge in [-0.3, -0.25) is 0 Å². The summed E-state index contributed by atoms with van der Waals surface area (Å²) in [4.78, 5) is 13.5. The standard InChI is InChI=1S/C4H8N4O2S2/c1-11-4(12-2)6-3(5)7-8(9)10/h1-2H3,(H2,5,7). The Balaban J connectivity index is 4.39.